The number of carbonyl (C=O) groups excluding carboxylic acids is 3. The van der Waals surface area contributed by atoms with Crippen molar-refractivity contribution in [3.8, 4) is 0 Å². The molecule has 0 fully saturated rings. The highest BCUT2D eigenvalue weighted by molar-refractivity contribution is 5.99. The van der Waals surface area contributed by atoms with Gasteiger partial charge in [-0.05, 0) is 69.2 Å². The number of rotatable bonds is 15. The summed E-state index contributed by atoms with van der Waals surface area (Å²) in [6.07, 6.45) is 6.50. The number of ether oxygens (including phenoxy) is 1. The van der Waals surface area contributed by atoms with Gasteiger partial charge in [0.15, 0.2) is 0 Å². The zero-order valence-corrected chi connectivity index (χ0v) is 27.1. The van der Waals surface area contributed by atoms with Crippen molar-refractivity contribution in [3.05, 3.63) is 65.2 Å². The van der Waals surface area contributed by atoms with Crippen LogP contribution in [0.15, 0.2) is 48.5 Å². The molecule has 0 aliphatic heterocycles. The molecule has 0 aliphatic carbocycles. The summed E-state index contributed by atoms with van der Waals surface area (Å²) in [6.45, 7) is 15.8. The van der Waals surface area contributed by atoms with Crippen molar-refractivity contribution in [1.29, 1.82) is 0 Å². The van der Waals surface area contributed by atoms with Gasteiger partial charge < -0.3 is 20.3 Å². The lowest BCUT2D eigenvalue weighted by Crippen LogP contribution is -2.54. The van der Waals surface area contributed by atoms with Crippen LogP contribution in [-0.4, -0.2) is 41.0 Å². The smallest absolute Gasteiger partial charge is 0.408 e. The zero-order valence-electron chi connectivity index (χ0n) is 27.1. The van der Waals surface area contributed by atoms with E-state index in [4.69, 9.17) is 4.74 Å². The number of nitrogens with zero attached hydrogens (tertiary/aromatic N) is 1. The van der Waals surface area contributed by atoms with Gasteiger partial charge in [0.05, 0.1) is 0 Å². The molecule has 3 amide bonds. The highest BCUT2D eigenvalue weighted by Gasteiger charge is 2.37. The van der Waals surface area contributed by atoms with Crippen molar-refractivity contribution >= 4 is 23.6 Å². The topological polar surface area (TPSA) is 87.7 Å². The first-order chi connectivity index (χ1) is 19.9. The van der Waals surface area contributed by atoms with Crippen LogP contribution in [0.1, 0.15) is 110 Å². The predicted octanol–water partition coefficient (Wildman–Crippen LogP) is 7.98. The second-order valence-corrected chi connectivity index (χ2v) is 12.5. The molecule has 2 aromatic carbocycles. The molecular weight excluding hydrogens is 526 g/mol. The molecule has 2 N–H and O–H groups in total. The number of hydrogen-bond donors (Lipinski definition) is 2. The minimum Gasteiger partial charge on any atom is -0.444 e. The summed E-state index contributed by atoms with van der Waals surface area (Å²) in [5.74, 6) is -0.804. The number of benzene rings is 2. The van der Waals surface area contributed by atoms with Crippen LogP contribution < -0.4 is 10.6 Å². The molecule has 0 saturated heterocycles. The lowest BCUT2D eigenvalue weighted by atomic mass is 9.97. The van der Waals surface area contributed by atoms with Gasteiger partial charge in [-0.1, -0.05) is 102 Å². The predicted molar refractivity (Wildman–Crippen MR) is 171 cm³/mol. The van der Waals surface area contributed by atoms with E-state index in [0.29, 0.717) is 12.2 Å². The SMILES string of the molecule is CCCCCCCCN(C(=O)C(NC(=O)OC(C)(C)C)C(C)C)C(C(=O)Nc1ccccc1C)c1ccc(CC)cc1. The molecule has 7 nitrogen and oxygen atoms in total. The summed E-state index contributed by atoms with van der Waals surface area (Å²) in [5, 5.41) is 5.90. The molecule has 2 unspecified atom stereocenters. The van der Waals surface area contributed by atoms with E-state index < -0.39 is 23.8 Å². The Bertz CT molecular complexity index is 1140. The minimum atomic E-state index is -0.875. The molecule has 0 saturated carbocycles. The third-order valence-electron chi connectivity index (χ3n) is 7.31. The molecule has 0 radical (unpaired) electrons. The molecule has 42 heavy (non-hydrogen) atoms. The average molecular weight is 580 g/mol. The van der Waals surface area contributed by atoms with Crippen molar-refractivity contribution in [2.75, 3.05) is 11.9 Å². The number of alkyl carbamates (subject to hydrolysis) is 1. The van der Waals surface area contributed by atoms with Crippen LogP contribution in [0.25, 0.3) is 0 Å². The third kappa shape index (κ3) is 11.1. The molecule has 232 valence electrons. The van der Waals surface area contributed by atoms with Crippen LogP contribution >= 0.6 is 0 Å². The number of para-hydroxylation sites is 1. The Morgan fingerprint density at radius 2 is 1.50 bits per heavy atom. The summed E-state index contributed by atoms with van der Waals surface area (Å²) in [5.41, 5.74) is 2.82. The largest absolute Gasteiger partial charge is 0.444 e. The Labute approximate surface area is 253 Å². The summed E-state index contributed by atoms with van der Waals surface area (Å²) in [7, 11) is 0. The lowest BCUT2D eigenvalue weighted by molar-refractivity contribution is -0.141. The number of unbranched alkanes of at least 4 members (excludes halogenated alkanes) is 5. The molecule has 0 aliphatic rings. The molecule has 2 rings (SSSR count). The molecule has 2 aromatic rings. The summed E-state index contributed by atoms with van der Waals surface area (Å²) < 4.78 is 5.49. The van der Waals surface area contributed by atoms with E-state index in [0.717, 1.165) is 55.2 Å². The van der Waals surface area contributed by atoms with Gasteiger partial charge in [-0.25, -0.2) is 4.79 Å². The number of aryl methyl sites for hydroxylation is 2. The number of amides is 3. The Kier molecular flexibility index (Phi) is 14.1. The van der Waals surface area contributed by atoms with E-state index in [-0.39, 0.29) is 17.7 Å². The number of carbonyl (C=O) groups is 3. The van der Waals surface area contributed by atoms with Gasteiger partial charge in [-0.2, -0.15) is 0 Å². The fraction of sp³-hybridized carbons (Fsp3) is 0.571. The van der Waals surface area contributed by atoms with Gasteiger partial charge in [0, 0.05) is 12.2 Å². The number of hydrogen-bond acceptors (Lipinski definition) is 4. The lowest BCUT2D eigenvalue weighted by Gasteiger charge is -2.36. The van der Waals surface area contributed by atoms with Crippen LogP contribution in [0.3, 0.4) is 0 Å². The molecule has 0 bridgehead atoms. The van der Waals surface area contributed by atoms with Crippen LogP contribution in [0.5, 0.6) is 0 Å². The van der Waals surface area contributed by atoms with Crippen LogP contribution in [0.2, 0.25) is 0 Å². The van der Waals surface area contributed by atoms with Gasteiger partial charge in [0.1, 0.15) is 17.7 Å². The van der Waals surface area contributed by atoms with Crippen molar-refractivity contribution in [3.63, 3.8) is 0 Å². The zero-order chi connectivity index (χ0) is 31.3. The maximum Gasteiger partial charge on any atom is 0.408 e. The maximum absolute atomic E-state index is 14.4. The molecular formula is C35H53N3O4. The van der Waals surface area contributed by atoms with E-state index in [2.05, 4.69) is 24.5 Å². The number of anilines is 1. The van der Waals surface area contributed by atoms with Crippen LogP contribution in [-0.2, 0) is 20.7 Å². The van der Waals surface area contributed by atoms with Crippen molar-refractivity contribution < 1.29 is 19.1 Å². The van der Waals surface area contributed by atoms with E-state index in [1.165, 1.54) is 6.42 Å². The Morgan fingerprint density at radius 1 is 0.881 bits per heavy atom. The first kappa shape index (κ1) is 34.8. The molecule has 0 heterocycles. The highest BCUT2D eigenvalue weighted by Crippen LogP contribution is 2.27. The third-order valence-corrected chi connectivity index (χ3v) is 7.31. The first-order valence-electron chi connectivity index (χ1n) is 15.6. The second-order valence-electron chi connectivity index (χ2n) is 12.5. The fourth-order valence-electron chi connectivity index (χ4n) is 4.88. The quantitative estimate of drug-likeness (QED) is 0.209. The molecule has 2 atom stereocenters. The van der Waals surface area contributed by atoms with Crippen LogP contribution in [0.4, 0.5) is 10.5 Å². The van der Waals surface area contributed by atoms with E-state index >= 15 is 0 Å². The standard InChI is InChI=1S/C35H53N3O4/c1-9-11-12-13-14-17-24-38(33(40)30(25(3)4)37-34(41)42-35(6,7)8)31(28-22-20-27(10-2)21-23-28)32(39)36-29-19-16-15-18-26(29)5/h15-16,18-23,25,30-31H,9-14,17,24H2,1-8H3,(H,36,39)(H,37,41). The van der Waals surface area contributed by atoms with E-state index in [9.17, 15) is 14.4 Å². The second kappa shape index (κ2) is 16.9. The Hall–Kier alpha value is -3.35. The van der Waals surface area contributed by atoms with Gasteiger partial charge in [0.2, 0.25) is 5.91 Å². The molecule has 7 heteroatoms. The van der Waals surface area contributed by atoms with Crippen molar-refractivity contribution in [2.24, 2.45) is 5.92 Å². The van der Waals surface area contributed by atoms with Crippen molar-refractivity contribution in [2.45, 2.75) is 118 Å². The van der Waals surface area contributed by atoms with E-state index in [1.54, 1.807) is 25.7 Å². The number of nitrogens with one attached hydrogen (secondary N) is 2. The molecule has 0 spiro atoms. The monoisotopic (exact) mass is 579 g/mol. The van der Waals surface area contributed by atoms with Gasteiger partial charge >= 0.3 is 6.09 Å². The summed E-state index contributed by atoms with van der Waals surface area (Å²) in [6, 6.07) is 13.8. The van der Waals surface area contributed by atoms with Gasteiger partial charge in [-0.3, -0.25) is 9.59 Å². The maximum atomic E-state index is 14.4. The van der Waals surface area contributed by atoms with Gasteiger partial charge in [-0.15, -0.1) is 0 Å². The van der Waals surface area contributed by atoms with Crippen molar-refractivity contribution in [1.82, 2.24) is 10.2 Å². The van der Waals surface area contributed by atoms with Crippen LogP contribution in [0, 0.1) is 12.8 Å². The molecule has 0 aromatic heterocycles. The minimum absolute atomic E-state index is 0.223. The summed E-state index contributed by atoms with van der Waals surface area (Å²) in [4.78, 5) is 43.0. The Morgan fingerprint density at radius 3 is 2.07 bits per heavy atom. The van der Waals surface area contributed by atoms with Gasteiger partial charge in [0.25, 0.3) is 5.91 Å². The Balaban J connectivity index is 2.51. The first-order valence-corrected chi connectivity index (χ1v) is 15.6. The normalized spacial score (nSPS) is 12.9. The summed E-state index contributed by atoms with van der Waals surface area (Å²) >= 11 is 0. The van der Waals surface area contributed by atoms with E-state index in [1.807, 2.05) is 69.3 Å². The fourth-order valence-corrected chi connectivity index (χ4v) is 4.88. The average Bonchev–Trinajstić information content (AvgIpc) is 2.93. The highest BCUT2D eigenvalue weighted by atomic mass is 16.6.